The van der Waals surface area contributed by atoms with E-state index in [9.17, 15) is 14.4 Å². The molecule has 1 aliphatic rings. The number of barbiturate groups is 1. The molecule has 1 saturated heterocycles. The number of aryl methyl sites for hydroxylation is 1. The Morgan fingerprint density at radius 3 is 2.38 bits per heavy atom. The monoisotopic (exact) mass is 562 g/mol. The Balaban J connectivity index is 1.59. The van der Waals surface area contributed by atoms with Gasteiger partial charge in [-0.15, -0.1) is 0 Å². The second kappa shape index (κ2) is 11.9. The molecule has 1 N–H and O–H groups in total. The lowest BCUT2D eigenvalue weighted by molar-refractivity contribution is -0.122. The SMILES string of the molecule is CCCCOc1ccc(N2C(=O)NC(=O)/C(=C/c3cc(Br)ccc3OCc3ccc(C)cc3)C2=O)cc1. The summed E-state index contributed by atoms with van der Waals surface area (Å²) in [6.45, 7) is 4.99. The summed E-state index contributed by atoms with van der Waals surface area (Å²) in [6.07, 6.45) is 3.38. The van der Waals surface area contributed by atoms with Gasteiger partial charge in [0.1, 0.15) is 23.7 Å². The highest BCUT2D eigenvalue weighted by atomic mass is 79.9. The number of anilines is 1. The fourth-order valence-electron chi connectivity index (χ4n) is 3.68. The number of hydrogen-bond acceptors (Lipinski definition) is 5. The number of unbranched alkanes of at least 4 members (excludes halogenated alkanes) is 1. The molecule has 0 bridgehead atoms. The largest absolute Gasteiger partial charge is 0.494 e. The topological polar surface area (TPSA) is 84.9 Å². The number of rotatable bonds is 9. The third kappa shape index (κ3) is 6.46. The molecule has 0 saturated carbocycles. The van der Waals surface area contributed by atoms with Crippen molar-refractivity contribution in [3.05, 3.63) is 93.5 Å². The molecular formula is C29H27BrN2O5. The third-order valence-electron chi connectivity index (χ3n) is 5.75. The van der Waals surface area contributed by atoms with E-state index in [0.29, 0.717) is 36.0 Å². The Morgan fingerprint density at radius 2 is 1.68 bits per heavy atom. The van der Waals surface area contributed by atoms with Crippen LogP contribution in [0.5, 0.6) is 11.5 Å². The van der Waals surface area contributed by atoms with Crippen LogP contribution in [0, 0.1) is 6.92 Å². The highest BCUT2D eigenvalue weighted by molar-refractivity contribution is 9.10. The van der Waals surface area contributed by atoms with Crippen molar-refractivity contribution in [3.63, 3.8) is 0 Å². The first kappa shape index (κ1) is 26.2. The van der Waals surface area contributed by atoms with Gasteiger partial charge in [-0.25, -0.2) is 9.69 Å². The van der Waals surface area contributed by atoms with Crippen molar-refractivity contribution in [1.29, 1.82) is 0 Å². The molecule has 3 aromatic rings. The number of carbonyl (C=O) groups is 3. The molecule has 0 unspecified atom stereocenters. The molecule has 1 fully saturated rings. The van der Waals surface area contributed by atoms with Gasteiger partial charge in [0.15, 0.2) is 0 Å². The predicted molar refractivity (Wildman–Crippen MR) is 145 cm³/mol. The molecule has 4 amide bonds. The number of benzene rings is 3. The van der Waals surface area contributed by atoms with Crippen LogP contribution in [-0.2, 0) is 16.2 Å². The maximum absolute atomic E-state index is 13.3. The molecule has 37 heavy (non-hydrogen) atoms. The molecule has 1 heterocycles. The molecule has 0 atom stereocenters. The Kier molecular flexibility index (Phi) is 8.40. The van der Waals surface area contributed by atoms with E-state index in [-0.39, 0.29) is 5.57 Å². The van der Waals surface area contributed by atoms with Gasteiger partial charge in [0.25, 0.3) is 11.8 Å². The van der Waals surface area contributed by atoms with Gasteiger partial charge in [-0.05, 0) is 67.4 Å². The van der Waals surface area contributed by atoms with Crippen LogP contribution in [0.25, 0.3) is 6.08 Å². The van der Waals surface area contributed by atoms with Gasteiger partial charge < -0.3 is 9.47 Å². The summed E-state index contributed by atoms with van der Waals surface area (Å²) < 4.78 is 12.4. The number of hydrogen-bond donors (Lipinski definition) is 1. The number of ether oxygens (including phenoxy) is 2. The Morgan fingerprint density at radius 1 is 0.946 bits per heavy atom. The maximum atomic E-state index is 13.3. The zero-order valence-corrected chi connectivity index (χ0v) is 22.2. The van der Waals surface area contributed by atoms with Crippen LogP contribution < -0.4 is 19.7 Å². The summed E-state index contributed by atoms with van der Waals surface area (Å²) >= 11 is 3.44. The predicted octanol–water partition coefficient (Wildman–Crippen LogP) is 6.18. The first-order valence-electron chi connectivity index (χ1n) is 12.0. The Hall–Kier alpha value is -3.91. The summed E-state index contributed by atoms with van der Waals surface area (Å²) in [5.41, 5.74) is 2.80. The average molecular weight is 563 g/mol. The maximum Gasteiger partial charge on any atom is 0.335 e. The van der Waals surface area contributed by atoms with Gasteiger partial charge in [0, 0.05) is 10.0 Å². The van der Waals surface area contributed by atoms with E-state index in [0.717, 1.165) is 33.3 Å². The van der Waals surface area contributed by atoms with E-state index in [1.807, 2.05) is 37.3 Å². The molecule has 0 radical (unpaired) electrons. The summed E-state index contributed by atoms with van der Waals surface area (Å²) in [5.74, 6) is -0.361. The number of halogens is 1. The first-order valence-corrected chi connectivity index (χ1v) is 12.8. The molecule has 0 spiro atoms. The van der Waals surface area contributed by atoms with Crippen LogP contribution >= 0.6 is 15.9 Å². The summed E-state index contributed by atoms with van der Waals surface area (Å²) in [7, 11) is 0. The van der Waals surface area contributed by atoms with Gasteiger partial charge in [-0.3, -0.25) is 14.9 Å². The van der Waals surface area contributed by atoms with E-state index in [4.69, 9.17) is 9.47 Å². The second-order valence-electron chi connectivity index (χ2n) is 8.61. The summed E-state index contributed by atoms with van der Waals surface area (Å²) in [6, 6.07) is 19.1. The number of urea groups is 1. The molecule has 3 aromatic carbocycles. The number of nitrogens with one attached hydrogen (secondary N) is 1. The lowest BCUT2D eigenvalue weighted by Crippen LogP contribution is -2.54. The number of nitrogens with zero attached hydrogens (tertiary/aromatic N) is 1. The zero-order chi connectivity index (χ0) is 26.4. The fraction of sp³-hybridized carbons (Fsp3) is 0.207. The normalized spacial score (nSPS) is 14.6. The Labute approximate surface area is 224 Å². The summed E-state index contributed by atoms with van der Waals surface area (Å²) in [5, 5.41) is 2.26. The van der Waals surface area contributed by atoms with E-state index in [2.05, 4.69) is 28.2 Å². The van der Waals surface area contributed by atoms with Crippen molar-refractivity contribution in [1.82, 2.24) is 5.32 Å². The Bertz CT molecular complexity index is 1330. The molecule has 0 aliphatic carbocycles. The second-order valence-corrected chi connectivity index (χ2v) is 9.53. The standard InChI is InChI=1S/C29H27BrN2O5/c1-3-4-15-36-24-12-10-23(11-13-24)32-28(34)25(27(33)31-29(32)35)17-21-16-22(30)9-14-26(21)37-18-20-7-5-19(2)6-8-20/h5-14,16-17H,3-4,15,18H2,1-2H3,(H,31,33,35)/b25-17-. The van der Waals surface area contributed by atoms with Crippen LogP contribution in [0.3, 0.4) is 0 Å². The highest BCUT2D eigenvalue weighted by Gasteiger charge is 2.37. The van der Waals surface area contributed by atoms with Gasteiger partial charge in [0.05, 0.1) is 12.3 Å². The van der Waals surface area contributed by atoms with Crippen molar-refractivity contribution in [2.24, 2.45) is 0 Å². The number of carbonyl (C=O) groups excluding carboxylic acids is 3. The van der Waals surface area contributed by atoms with Crippen LogP contribution in [0.1, 0.15) is 36.5 Å². The fourth-order valence-corrected chi connectivity index (χ4v) is 4.06. The molecule has 8 heteroatoms. The van der Waals surface area contributed by atoms with Gasteiger partial charge in [0.2, 0.25) is 0 Å². The summed E-state index contributed by atoms with van der Waals surface area (Å²) in [4.78, 5) is 39.6. The van der Waals surface area contributed by atoms with Crippen LogP contribution in [-0.4, -0.2) is 24.5 Å². The van der Waals surface area contributed by atoms with Crippen LogP contribution in [0.15, 0.2) is 76.8 Å². The lowest BCUT2D eigenvalue weighted by Gasteiger charge is -2.26. The minimum Gasteiger partial charge on any atom is -0.494 e. The van der Waals surface area contributed by atoms with Crippen LogP contribution in [0.4, 0.5) is 10.5 Å². The first-order chi connectivity index (χ1) is 17.9. The van der Waals surface area contributed by atoms with Gasteiger partial charge >= 0.3 is 6.03 Å². The molecule has 7 nitrogen and oxygen atoms in total. The van der Waals surface area contributed by atoms with E-state index >= 15 is 0 Å². The van der Waals surface area contributed by atoms with Crippen molar-refractivity contribution < 1.29 is 23.9 Å². The van der Waals surface area contributed by atoms with E-state index in [1.54, 1.807) is 36.4 Å². The smallest absolute Gasteiger partial charge is 0.335 e. The lowest BCUT2D eigenvalue weighted by atomic mass is 10.1. The van der Waals surface area contributed by atoms with Gasteiger partial charge in [-0.1, -0.05) is 59.1 Å². The third-order valence-corrected chi connectivity index (χ3v) is 6.24. The minimum atomic E-state index is -0.808. The minimum absolute atomic E-state index is 0.179. The molecule has 190 valence electrons. The number of imide groups is 2. The highest BCUT2D eigenvalue weighted by Crippen LogP contribution is 2.29. The van der Waals surface area contributed by atoms with Crippen molar-refractivity contribution in [3.8, 4) is 11.5 Å². The van der Waals surface area contributed by atoms with E-state index < -0.39 is 17.8 Å². The zero-order valence-electron chi connectivity index (χ0n) is 20.6. The van der Waals surface area contributed by atoms with Crippen molar-refractivity contribution >= 4 is 45.5 Å². The van der Waals surface area contributed by atoms with E-state index in [1.165, 1.54) is 6.08 Å². The number of amides is 4. The molecular weight excluding hydrogens is 536 g/mol. The van der Waals surface area contributed by atoms with Gasteiger partial charge in [-0.2, -0.15) is 0 Å². The molecule has 4 rings (SSSR count). The van der Waals surface area contributed by atoms with Crippen molar-refractivity contribution in [2.75, 3.05) is 11.5 Å². The molecule has 1 aliphatic heterocycles. The van der Waals surface area contributed by atoms with Crippen LogP contribution in [0.2, 0.25) is 0 Å². The van der Waals surface area contributed by atoms with Crippen molar-refractivity contribution in [2.45, 2.75) is 33.3 Å². The average Bonchev–Trinajstić information content (AvgIpc) is 2.88. The molecule has 0 aromatic heterocycles. The quantitative estimate of drug-likeness (QED) is 0.191.